The summed E-state index contributed by atoms with van der Waals surface area (Å²) < 4.78 is 0. The zero-order chi connectivity index (χ0) is 21.6. The van der Waals surface area contributed by atoms with E-state index in [2.05, 4.69) is 41.4 Å². The largest absolute Gasteiger partial charge is 0.350 e. The number of hydrogen-bond acceptors (Lipinski definition) is 2. The number of carbonyl (C=O) groups is 1. The van der Waals surface area contributed by atoms with Gasteiger partial charge in [0.25, 0.3) is 0 Å². The van der Waals surface area contributed by atoms with Crippen LogP contribution in [0, 0.1) is 6.92 Å². The molecular weight excluding hydrogens is 404 g/mol. The summed E-state index contributed by atoms with van der Waals surface area (Å²) in [4.78, 5) is 15.0. The topological polar surface area (TPSA) is 32.3 Å². The van der Waals surface area contributed by atoms with Crippen LogP contribution in [0.4, 0.5) is 0 Å². The van der Waals surface area contributed by atoms with E-state index in [9.17, 15) is 4.79 Å². The SMILES string of the molecule is Cc1ccccc1C1CCN(C2CCC(NC(=O)/C=C/c3ccc(Cl)cc3)CC2)CC1. The van der Waals surface area contributed by atoms with E-state index in [1.54, 1.807) is 11.6 Å². The number of nitrogens with one attached hydrogen (secondary N) is 1. The van der Waals surface area contributed by atoms with Crippen molar-refractivity contribution in [2.24, 2.45) is 0 Å². The van der Waals surface area contributed by atoms with Gasteiger partial charge in [0.05, 0.1) is 0 Å². The maximum Gasteiger partial charge on any atom is 0.244 e. The minimum absolute atomic E-state index is 0.00237. The van der Waals surface area contributed by atoms with Gasteiger partial charge < -0.3 is 10.2 Å². The standard InChI is InChI=1S/C27H33ClN2O/c1-20-4-2-3-5-26(20)22-16-18-30(19-17-22)25-13-11-24(12-14-25)29-27(31)15-8-21-6-9-23(28)10-7-21/h2-10,15,22,24-25H,11-14,16-19H2,1H3,(H,29,31)/b15-8+. The first-order chi connectivity index (χ1) is 15.1. The monoisotopic (exact) mass is 436 g/mol. The third kappa shape index (κ3) is 5.99. The number of piperidine rings is 1. The van der Waals surface area contributed by atoms with Crippen LogP contribution in [-0.2, 0) is 4.79 Å². The van der Waals surface area contributed by atoms with Gasteiger partial charge in [0.15, 0.2) is 0 Å². The quantitative estimate of drug-likeness (QED) is 0.585. The maximum absolute atomic E-state index is 12.3. The molecule has 0 spiro atoms. The Morgan fingerprint density at radius 1 is 0.968 bits per heavy atom. The van der Waals surface area contributed by atoms with Crippen LogP contribution in [0.2, 0.25) is 5.02 Å². The van der Waals surface area contributed by atoms with Gasteiger partial charge in [-0.2, -0.15) is 0 Å². The van der Waals surface area contributed by atoms with Crippen LogP contribution >= 0.6 is 11.6 Å². The fraction of sp³-hybridized carbons (Fsp3) is 0.444. The Labute approximate surface area is 191 Å². The van der Waals surface area contributed by atoms with Gasteiger partial charge in [-0.25, -0.2) is 0 Å². The highest BCUT2D eigenvalue weighted by atomic mass is 35.5. The lowest BCUT2D eigenvalue weighted by atomic mass is 9.84. The second-order valence-corrected chi connectivity index (χ2v) is 9.50. The van der Waals surface area contributed by atoms with E-state index in [4.69, 9.17) is 11.6 Å². The average Bonchev–Trinajstić information content (AvgIpc) is 2.80. The predicted octanol–water partition coefficient (Wildman–Crippen LogP) is 5.97. The molecule has 164 valence electrons. The molecule has 1 aliphatic heterocycles. The van der Waals surface area contributed by atoms with Gasteiger partial charge in [-0.3, -0.25) is 4.79 Å². The molecule has 4 rings (SSSR count). The number of rotatable bonds is 5. The van der Waals surface area contributed by atoms with Crippen LogP contribution in [0.25, 0.3) is 6.08 Å². The number of likely N-dealkylation sites (tertiary alicyclic amines) is 1. The van der Waals surface area contributed by atoms with E-state index in [-0.39, 0.29) is 5.91 Å². The van der Waals surface area contributed by atoms with Crippen LogP contribution in [0.5, 0.6) is 0 Å². The van der Waals surface area contributed by atoms with Crippen molar-refractivity contribution in [1.29, 1.82) is 0 Å². The Hall–Kier alpha value is -2.10. The minimum Gasteiger partial charge on any atom is -0.350 e. The molecule has 1 aliphatic carbocycles. The van der Waals surface area contributed by atoms with E-state index in [1.807, 2.05) is 30.3 Å². The second kappa shape index (κ2) is 10.5. The molecule has 0 unspecified atom stereocenters. The van der Waals surface area contributed by atoms with Crippen molar-refractivity contribution in [2.75, 3.05) is 13.1 Å². The first-order valence-corrected chi connectivity index (χ1v) is 12.0. The van der Waals surface area contributed by atoms with E-state index in [0.717, 1.165) is 18.4 Å². The lowest BCUT2D eigenvalue weighted by Gasteiger charge is -2.41. The molecule has 3 nitrogen and oxygen atoms in total. The summed E-state index contributed by atoms with van der Waals surface area (Å²) in [5.41, 5.74) is 3.96. The van der Waals surface area contributed by atoms with Gasteiger partial charge in [-0.15, -0.1) is 0 Å². The van der Waals surface area contributed by atoms with Gasteiger partial charge in [0.2, 0.25) is 5.91 Å². The molecule has 0 aromatic heterocycles. The van der Waals surface area contributed by atoms with Gasteiger partial charge in [0.1, 0.15) is 0 Å². The highest BCUT2D eigenvalue weighted by Gasteiger charge is 2.30. The summed E-state index contributed by atoms with van der Waals surface area (Å²) in [5, 5.41) is 3.89. The molecule has 1 heterocycles. The molecule has 1 saturated carbocycles. The Morgan fingerprint density at radius 2 is 1.65 bits per heavy atom. The third-order valence-electron chi connectivity index (χ3n) is 7.01. The number of benzene rings is 2. The zero-order valence-corrected chi connectivity index (χ0v) is 19.2. The molecule has 0 atom stereocenters. The molecule has 1 saturated heterocycles. The number of amides is 1. The van der Waals surface area contributed by atoms with Crippen molar-refractivity contribution < 1.29 is 4.79 Å². The summed E-state index contributed by atoms with van der Waals surface area (Å²) in [7, 11) is 0. The number of nitrogens with zero attached hydrogens (tertiary/aromatic N) is 1. The highest BCUT2D eigenvalue weighted by Crippen LogP contribution is 2.33. The van der Waals surface area contributed by atoms with E-state index in [1.165, 1.54) is 44.3 Å². The number of aryl methyl sites for hydroxylation is 1. The smallest absolute Gasteiger partial charge is 0.244 e. The van der Waals surface area contributed by atoms with E-state index in [0.29, 0.717) is 23.0 Å². The van der Waals surface area contributed by atoms with Gasteiger partial charge in [0, 0.05) is 23.2 Å². The predicted molar refractivity (Wildman–Crippen MR) is 129 cm³/mol. The lowest BCUT2D eigenvalue weighted by Crippen LogP contribution is -2.46. The van der Waals surface area contributed by atoms with Crippen molar-refractivity contribution in [2.45, 2.75) is 63.5 Å². The molecular formula is C27H33ClN2O. The third-order valence-corrected chi connectivity index (χ3v) is 7.27. The first-order valence-electron chi connectivity index (χ1n) is 11.6. The van der Waals surface area contributed by atoms with E-state index >= 15 is 0 Å². The van der Waals surface area contributed by atoms with Gasteiger partial charge in [-0.05, 0) is 99.4 Å². The van der Waals surface area contributed by atoms with Gasteiger partial charge in [-0.1, -0.05) is 48.0 Å². The van der Waals surface area contributed by atoms with Crippen LogP contribution in [0.1, 0.15) is 61.1 Å². The van der Waals surface area contributed by atoms with Crippen molar-refractivity contribution in [1.82, 2.24) is 10.2 Å². The summed E-state index contributed by atoms with van der Waals surface area (Å²) >= 11 is 5.91. The average molecular weight is 437 g/mol. The van der Waals surface area contributed by atoms with Crippen LogP contribution < -0.4 is 5.32 Å². The molecule has 2 aromatic carbocycles. The minimum atomic E-state index is -0.00237. The fourth-order valence-electron chi connectivity index (χ4n) is 5.20. The summed E-state index contributed by atoms with van der Waals surface area (Å²) in [6, 6.07) is 17.3. The lowest BCUT2D eigenvalue weighted by molar-refractivity contribution is -0.117. The zero-order valence-electron chi connectivity index (χ0n) is 18.4. The molecule has 0 radical (unpaired) electrons. The summed E-state index contributed by atoms with van der Waals surface area (Å²) in [6.07, 6.45) is 10.5. The van der Waals surface area contributed by atoms with Crippen LogP contribution in [0.15, 0.2) is 54.6 Å². The molecule has 1 amide bonds. The van der Waals surface area contributed by atoms with Crippen LogP contribution in [0.3, 0.4) is 0 Å². The van der Waals surface area contributed by atoms with Crippen molar-refractivity contribution in [3.8, 4) is 0 Å². The van der Waals surface area contributed by atoms with Crippen molar-refractivity contribution >= 4 is 23.6 Å². The Morgan fingerprint density at radius 3 is 2.32 bits per heavy atom. The molecule has 0 bridgehead atoms. The summed E-state index contributed by atoms with van der Waals surface area (Å²) in [5.74, 6) is 0.706. The van der Waals surface area contributed by atoms with Gasteiger partial charge >= 0.3 is 0 Å². The molecule has 2 aliphatic rings. The normalized spacial score (nSPS) is 23.2. The Bertz CT molecular complexity index is 892. The molecule has 4 heteroatoms. The molecule has 1 N–H and O–H groups in total. The van der Waals surface area contributed by atoms with Crippen molar-refractivity contribution in [3.63, 3.8) is 0 Å². The first kappa shape index (κ1) is 22.1. The molecule has 2 aromatic rings. The van der Waals surface area contributed by atoms with Crippen LogP contribution in [-0.4, -0.2) is 36.0 Å². The Kier molecular flexibility index (Phi) is 7.47. The molecule has 31 heavy (non-hydrogen) atoms. The Balaban J connectivity index is 1.20. The second-order valence-electron chi connectivity index (χ2n) is 9.07. The number of carbonyl (C=O) groups excluding carboxylic acids is 1. The molecule has 2 fully saturated rings. The maximum atomic E-state index is 12.3. The fourth-order valence-corrected chi connectivity index (χ4v) is 5.33. The number of halogens is 1. The summed E-state index contributed by atoms with van der Waals surface area (Å²) in [6.45, 7) is 4.64. The highest BCUT2D eigenvalue weighted by molar-refractivity contribution is 6.30. The van der Waals surface area contributed by atoms with E-state index < -0.39 is 0 Å². The number of hydrogen-bond donors (Lipinski definition) is 1. The van der Waals surface area contributed by atoms with Crippen molar-refractivity contribution in [3.05, 3.63) is 76.3 Å².